The zero-order valence-corrected chi connectivity index (χ0v) is 26.8. The summed E-state index contributed by atoms with van der Waals surface area (Å²) in [5.41, 5.74) is 1.39. The fraction of sp³-hybridized carbons (Fsp3) is 0.914. The lowest BCUT2D eigenvalue weighted by atomic mass is 9.38. The van der Waals surface area contributed by atoms with Crippen LogP contribution in [0, 0.1) is 50.7 Å². The first-order valence-corrected chi connectivity index (χ1v) is 15.9. The SMILES string of the molecule is C[C@@H]1C[C@@]2(C)C(=O)C=C3C(CC[C@]4(C)[C@@H]([C@@]5(C)OC(C)(C)O[C@@H]5CCC(C)(C)C)CC[C@@]34C)[C@@]2(C)C[C@@H]1C. The van der Waals surface area contributed by atoms with Crippen LogP contribution in [0.4, 0.5) is 0 Å². The third-order valence-electron chi connectivity index (χ3n) is 13.6. The summed E-state index contributed by atoms with van der Waals surface area (Å²) in [4.78, 5) is 14.1. The molecule has 0 aromatic rings. The number of allylic oxidation sites excluding steroid dienone is 2. The lowest BCUT2D eigenvalue weighted by Crippen LogP contribution is -2.61. The molecule has 5 rings (SSSR count). The van der Waals surface area contributed by atoms with E-state index in [4.69, 9.17) is 9.47 Å². The molecule has 4 aliphatic carbocycles. The molecule has 1 heterocycles. The number of hydrogen-bond acceptors (Lipinski definition) is 3. The second kappa shape index (κ2) is 8.43. The maximum Gasteiger partial charge on any atom is 0.164 e. The maximum absolute atomic E-state index is 14.1. The van der Waals surface area contributed by atoms with E-state index in [1.54, 1.807) is 0 Å². The summed E-state index contributed by atoms with van der Waals surface area (Å²) in [7, 11) is 0. The first-order chi connectivity index (χ1) is 17.2. The highest BCUT2D eigenvalue weighted by Gasteiger charge is 2.71. The number of hydrogen-bond donors (Lipinski definition) is 0. The Kier molecular flexibility index (Phi) is 6.40. The van der Waals surface area contributed by atoms with Crippen LogP contribution in [0.2, 0.25) is 0 Å². The molecule has 0 bridgehead atoms. The summed E-state index contributed by atoms with van der Waals surface area (Å²) in [6.07, 6.45) is 11.4. The van der Waals surface area contributed by atoms with Crippen LogP contribution in [0.1, 0.15) is 134 Å². The largest absolute Gasteiger partial charge is 0.344 e. The first-order valence-electron chi connectivity index (χ1n) is 15.9. The molecule has 216 valence electrons. The van der Waals surface area contributed by atoms with Crippen molar-refractivity contribution in [3.63, 3.8) is 0 Å². The monoisotopic (exact) mass is 526 g/mol. The topological polar surface area (TPSA) is 35.5 Å². The van der Waals surface area contributed by atoms with Crippen molar-refractivity contribution < 1.29 is 14.3 Å². The lowest BCUT2D eigenvalue weighted by molar-refractivity contribution is -0.184. The van der Waals surface area contributed by atoms with Crippen LogP contribution in [-0.4, -0.2) is 23.3 Å². The van der Waals surface area contributed by atoms with Gasteiger partial charge in [0.1, 0.15) is 0 Å². The third kappa shape index (κ3) is 3.83. The third-order valence-corrected chi connectivity index (χ3v) is 13.6. The van der Waals surface area contributed by atoms with Gasteiger partial charge in [-0.3, -0.25) is 4.79 Å². The number of rotatable bonds is 3. The molecule has 0 spiro atoms. The summed E-state index contributed by atoms with van der Waals surface area (Å²) < 4.78 is 13.6. The quantitative estimate of drug-likeness (QED) is 0.368. The van der Waals surface area contributed by atoms with Gasteiger partial charge in [-0.05, 0) is 124 Å². The van der Waals surface area contributed by atoms with E-state index in [1.807, 2.05) is 0 Å². The van der Waals surface area contributed by atoms with E-state index in [1.165, 1.54) is 24.8 Å². The van der Waals surface area contributed by atoms with Gasteiger partial charge in [0.25, 0.3) is 0 Å². The van der Waals surface area contributed by atoms with Crippen LogP contribution in [0.15, 0.2) is 11.6 Å². The molecule has 5 aliphatic rings. The molecule has 38 heavy (non-hydrogen) atoms. The van der Waals surface area contributed by atoms with E-state index in [2.05, 4.69) is 89.2 Å². The van der Waals surface area contributed by atoms with Gasteiger partial charge in [-0.2, -0.15) is 0 Å². The number of carbonyl (C=O) groups excluding carboxylic acids is 1. The van der Waals surface area contributed by atoms with E-state index in [0.717, 1.165) is 32.1 Å². The highest BCUT2D eigenvalue weighted by Crippen LogP contribution is 2.75. The molecule has 3 heteroatoms. The molecule has 10 atom stereocenters. The van der Waals surface area contributed by atoms with Crippen molar-refractivity contribution in [1.82, 2.24) is 0 Å². The molecule has 0 amide bonds. The van der Waals surface area contributed by atoms with Crippen molar-refractivity contribution in [3.05, 3.63) is 11.6 Å². The molecule has 3 saturated carbocycles. The minimum Gasteiger partial charge on any atom is -0.344 e. The summed E-state index contributed by atoms with van der Waals surface area (Å²) in [6.45, 7) is 28.2. The van der Waals surface area contributed by atoms with Gasteiger partial charge in [0.05, 0.1) is 11.7 Å². The van der Waals surface area contributed by atoms with Gasteiger partial charge >= 0.3 is 0 Å². The van der Waals surface area contributed by atoms with Crippen molar-refractivity contribution >= 4 is 5.78 Å². The smallest absolute Gasteiger partial charge is 0.164 e. The second-order valence-electron chi connectivity index (χ2n) is 17.4. The molecule has 1 saturated heterocycles. The van der Waals surface area contributed by atoms with Gasteiger partial charge in [0.15, 0.2) is 11.6 Å². The molecule has 0 aromatic heterocycles. The Bertz CT molecular complexity index is 1020. The van der Waals surface area contributed by atoms with Gasteiger partial charge < -0.3 is 9.47 Å². The zero-order valence-electron chi connectivity index (χ0n) is 26.8. The normalized spacial score (nSPS) is 52.3. The average molecular weight is 527 g/mol. The van der Waals surface area contributed by atoms with Crippen LogP contribution in [0.25, 0.3) is 0 Å². The van der Waals surface area contributed by atoms with Gasteiger partial charge in [0.2, 0.25) is 0 Å². The summed E-state index contributed by atoms with van der Waals surface area (Å²) in [6, 6.07) is 0. The Balaban J connectivity index is 1.53. The lowest BCUT2D eigenvalue weighted by Gasteiger charge is -2.65. The van der Waals surface area contributed by atoms with Crippen molar-refractivity contribution in [1.29, 1.82) is 0 Å². The fourth-order valence-electron chi connectivity index (χ4n) is 10.8. The molecule has 3 nitrogen and oxygen atoms in total. The summed E-state index contributed by atoms with van der Waals surface area (Å²) in [5.74, 6) is 2.06. The summed E-state index contributed by atoms with van der Waals surface area (Å²) >= 11 is 0. The Morgan fingerprint density at radius 1 is 0.868 bits per heavy atom. The maximum atomic E-state index is 14.1. The molecule has 4 fully saturated rings. The predicted molar refractivity (Wildman–Crippen MR) is 156 cm³/mol. The zero-order chi connectivity index (χ0) is 28.3. The number of ketones is 1. The Morgan fingerprint density at radius 2 is 1.50 bits per heavy atom. The van der Waals surface area contributed by atoms with E-state index in [0.29, 0.717) is 29.5 Å². The van der Waals surface area contributed by atoms with Crippen LogP contribution in [0.3, 0.4) is 0 Å². The van der Waals surface area contributed by atoms with Gasteiger partial charge in [-0.15, -0.1) is 0 Å². The highest BCUT2D eigenvalue weighted by molar-refractivity contribution is 5.97. The van der Waals surface area contributed by atoms with Gasteiger partial charge in [-0.25, -0.2) is 0 Å². The standard InChI is InChI=1S/C35H58O3/c1-22-20-33(10)24-13-17-32(9)26(35(12)28(15-16-29(3,4)5)37-30(6,7)38-35)14-18-31(32,8)25(24)19-27(36)34(33,11)21-23(22)2/h19,22-24,26,28H,13-18,20-21H2,1-12H3/t22-,23+,24?,26-,28+,31-,32+,33+,34-,35+/m0/s1. The fourth-order valence-corrected chi connectivity index (χ4v) is 10.8. The van der Waals surface area contributed by atoms with Crippen molar-refractivity contribution in [2.24, 2.45) is 50.7 Å². The highest BCUT2D eigenvalue weighted by atomic mass is 16.8. The molecular formula is C35H58O3. The first kappa shape index (κ1) is 28.8. The molecule has 0 N–H and O–H groups in total. The van der Waals surface area contributed by atoms with Crippen molar-refractivity contribution in [3.8, 4) is 0 Å². The minimum absolute atomic E-state index is 0.0283. The molecule has 0 radical (unpaired) electrons. The molecular weight excluding hydrogens is 468 g/mol. The Labute approximate surface area is 234 Å². The molecule has 0 aromatic carbocycles. The Hall–Kier alpha value is -0.670. The second-order valence-corrected chi connectivity index (χ2v) is 17.4. The van der Waals surface area contributed by atoms with Crippen molar-refractivity contribution in [2.75, 3.05) is 0 Å². The number of fused-ring (bicyclic) bond motifs is 5. The molecule has 1 unspecified atom stereocenters. The van der Waals surface area contributed by atoms with E-state index in [-0.39, 0.29) is 38.8 Å². The van der Waals surface area contributed by atoms with Gasteiger partial charge in [0, 0.05) is 5.41 Å². The van der Waals surface area contributed by atoms with Crippen molar-refractivity contribution in [2.45, 2.75) is 152 Å². The van der Waals surface area contributed by atoms with E-state index < -0.39 is 5.79 Å². The van der Waals surface area contributed by atoms with Crippen LogP contribution < -0.4 is 0 Å². The van der Waals surface area contributed by atoms with Crippen LogP contribution in [-0.2, 0) is 14.3 Å². The van der Waals surface area contributed by atoms with Gasteiger partial charge in [-0.1, -0.05) is 67.9 Å². The van der Waals surface area contributed by atoms with E-state index >= 15 is 0 Å². The summed E-state index contributed by atoms with van der Waals surface area (Å²) in [5, 5.41) is 0. The number of carbonyl (C=O) groups is 1. The van der Waals surface area contributed by atoms with E-state index in [9.17, 15) is 4.79 Å². The Morgan fingerprint density at radius 3 is 2.13 bits per heavy atom. The van der Waals surface area contributed by atoms with Crippen LogP contribution in [0.5, 0.6) is 0 Å². The average Bonchev–Trinajstić information content (AvgIpc) is 3.19. The molecule has 1 aliphatic heterocycles. The number of ether oxygens (including phenoxy) is 2. The minimum atomic E-state index is -0.561. The predicted octanol–water partition coefficient (Wildman–Crippen LogP) is 9.14. The van der Waals surface area contributed by atoms with Crippen LogP contribution >= 0.6 is 0 Å².